The van der Waals surface area contributed by atoms with E-state index in [1.807, 2.05) is 19.1 Å². The molecular formula is C22H30O3Si. The number of hydrogen-bond donors (Lipinski definition) is 0. The molecule has 1 heterocycles. The van der Waals surface area contributed by atoms with E-state index >= 15 is 0 Å². The Bertz CT molecular complexity index is 697. The lowest BCUT2D eigenvalue weighted by molar-refractivity contribution is -0.137. The number of benzene rings is 1. The van der Waals surface area contributed by atoms with E-state index in [9.17, 15) is 4.79 Å². The predicted octanol–water partition coefficient (Wildman–Crippen LogP) is 5.43. The van der Waals surface area contributed by atoms with Crippen molar-refractivity contribution in [1.82, 2.24) is 0 Å². The fourth-order valence-electron chi connectivity index (χ4n) is 4.40. The van der Waals surface area contributed by atoms with Gasteiger partial charge in [-0.05, 0) is 61.7 Å². The summed E-state index contributed by atoms with van der Waals surface area (Å²) in [6.07, 6.45) is 10.7. The highest BCUT2D eigenvalue weighted by Crippen LogP contribution is 2.49. The summed E-state index contributed by atoms with van der Waals surface area (Å²) in [4.78, 5) is 11.9. The lowest BCUT2D eigenvalue weighted by Crippen LogP contribution is -2.37. The van der Waals surface area contributed by atoms with Crippen molar-refractivity contribution in [2.24, 2.45) is 0 Å². The topological polar surface area (TPSA) is 35.5 Å². The van der Waals surface area contributed by atoms with Crippen LogP contribution in [0.15, 0.2) is 47.7 Å². The zero-order valence-corrected chi connectivity index (χ0v) is 17.2. The van der Waals surface area contributed by atoms with Gasteiger partial charge in [0.15, 0.2) is 0 Å². The van der Waals surface area contributed by atoms with E-state index in [0.717, 1.165) is 30.4 Å². The van der Waals surface area contributed by atoms with Gasteiger partial charge in [0, 0.05) is 6.08 Å². The van der Waals surface area contributed by atoms with Crippen LogP contribution in [-0.4, -0.2) is 26.5 Å². The molecule has 1 aliphatic carbocycles. The van der Waals surface area contributed by atoms with Gasteiger partial charge in [-0.3, -0.25) is 0 Å². The molecule has 0 N–H and O–H groups in total. The van der Waals surface area contributed by atoms with E-state index in [2.05, 4.69) is 37.4 Å². The van der Waals surface area contributed by atoms with Crippen LogP contribution in [0.3, 0.4) is 0 Å². The van der Waals surface area contributed by atoms with E-state index in [1.54, 1.807) is 6.08 Å². The normalized spacial score (nSPS) is 23.3. The van der Waals surface area contributed by atoms with E-state index in [1.165, 1.54) is 24.5 Å². The van der Waals surface area contributed by atoms with Gasteiger partial charge < -0.3 is 9.16 Å². The quantitative estimate of drug-likeness (QED) is 0.403. The van der Waals surface area contributed by atoms with Crippen LogP contribution in [0.25, 0.3) is 5.57 Å². The van der Waals surface area contributed by atoms with Crippen molar-refractivity contribution in [2.75, 3.05) is 6.61 Å². The zero-order valence-electron chi connectivity index (χ0n) is 16.2. The molecule has 1 aromatic carbocycles. The Morgan fingerprint density at radius 2 is 1.85 bits per heavy atom. The molecule has 0 atom stereocenters. The Hall–Kier alpha value is -1.65. The summed E-state index contributed by atoms with van der Waals surface area (Å²) in [7, 11) is -1.99. The van der Waals surface area contributed by atoms with Gasteiger partial charge >= 0.3 is 5.97 Å². The Morgan fingerprint density at radius 1 is 1.15 bits per heavy atom. The van der Waals surface area contributed by atoms with Crippen molar-refractivity contribution in [3.63, 3.8) is 0 Å². The van der Waals surface area contributed by atoms with Crippen LogP contribution in [0.2, 0.25) is 13.1 Å². The van der Waals surface area contributed by atoms with Crippen molar-refractivity contribution in [3.8, 4) is 0 Å². The molecule has 0 amide bonds. The van der Waals surface area contributed by atoms with E-state index < -0.39 is 8.32 Å². The maximum Gasteiger partial charge on any atom is 0.330 e. The molecular weight excluding hydrogens is 340 g/mol. The first-order valence-corrected chi connectivity index (χ1v) is 12.7. The molecule has 0 aromatic heterocycles. The number of carbonyl (C=O) groups is 1. The molecule has 2 aliphatic rings. The van der Waals surface area contributed by atoms with Crippen molar-refractivity contribution >= 4 is 19.9 Å². The zero-order chi connectivity index (χ0) is 18.6. The van der Waals surface area contributed by atoms with Crippen LogP contribution in [0.4, 0.5) is 0 Å². The van der Waals surface area contributed by atoms with E-state index in [4.69, 9.17) is 9.16 Å². The molecule has 0 bridgehead atoms. The van der Waals surface area contributed by atoms with Crippen molar-refractivity contribution in [1.29, 1.82) is 0 Å². The Balaban J connectivity index is 2.02. The Labute approximate surface area is 158 Å². The minimum atomic E-state index is -1.99. The standard InChI is InChI=1S/C22H30O3Si/c1-4-24-21(23)14-13-19(18-11-7-5-8-12-18)20-17-22(25-26(20,2)3)15-9-6-10-16-22/h5,7-8,11-14H,4,6,9-10,15-17H2,1-3H3/b14-13+,20-19+. The summed E-state index contributed by atoms with van der Waals surface area (Å²) in [5.74, 6) is -0.285. The lowest BCUT2D eigenvalue weighted by atomic mass is 9.82. The Morgan fingerprint density at radius 3 is 2.50 bits per heavy atom. The number of allylic oxidation sites excluding steroid dienone is 2. The van der Waals surface area contributed by atoms with Gasteiger partial charge in [0.05, 0.1) is 12.2 Å². The molecule has 0 unspecified atom stereocenters. The van der Waals surface area contributed by atoms with Crippen molar-refractivity contribution in [2.45, 2.75) is 64.1 Å². The number of ether oxygens (including phenoxy) is 1. The second-order valence-electron chi connectivity index (χ2n) is 7.88. The van der Waals surface area contributed by atoms with Crippen LogP contribution < -0.4 is 0 Å². The first-order valence-electron chi connectivity index (χ1n) is 9.80. The van der Waals surface area contributed by atoms with Gasteiger partial charge in [-0.25, -0.2) is 4.79 Å². The predicted molar refractivity (Wildman–Crippen MR) is 108 cm³/mol. The lowest BCUT2D eigenvalue weighted by Gasteiger charge is -2.34. The fourth-order valence-corrected chi connectivity index (χ4v) is 7.51. The first kappa shape index (κ1) is 19.1. The smallest absolute Gasteiger partial charge is 0.330 e. The van der Waals surface area contributed by atoms with Crippen LogP contribution in [0.5, 0.6) is 0 Å². The van der Waals surface area contributed by atoms with Gasteiger partial charge in [0.1, 0.15) is 0 Å². The van der Waals surface area contributed by atoms with Crippen molar-refractivity contribution in [3.05, 3.63) is 53.2 Å². The summed E-state index contributed by atoms with van der Waals surface area (Å²) in [5.41, 5.74) is 2.33. The number of esters is 1. The summed E-state index contributed by atoms with van der Waals surface area (Å²) in [5, 5.41) is 1.42. The fraction of sp³-hybridized carbons (Fsp3) is 0.500. The number of hydrogen-bond acceptors (Lipinski definition) is 3. The van der Waals surface area contributed by atoms with Gasteiger partial charge in [0.2, 0.25) is 8.32 Å². The third-order valence-corrected chi connectivity index (χ3v) is 8.39. The highest BCUT2D eigenvalue weighted by atomic mass is 28.4. The summed E-state index contributed by atoms with van der Waals surface area (Å²) < 4.78 is 11.9. The van der Waals surface area contributed by atoms with Gasteiger partial charge in [-0.15, -0.1) is 0 Å². The summed E-state index contributed by atoms with van der Waals surface area (Å²) >= 11 is 0. The molecule has 2 fully saturated rings. The molecule has 1 aromatic rings. The number of carbonyl (C=O) groups excluding carboxylic acids is 1. The summed E-state index contributed by atoms with van der Waals surface area (Å²) in [6.45, 7) is 6.82. The summed E-state index contributed by atoms with van der Waals surface area (Å²) in [6, 6.07) is 10.4. The van der Waals surface area contributed by atoms with E-state index in [0.29, 0.717) is 6.61 Å². The molecule has 26 heavy (non-hydrogen) atoms. The molecule has 3 rings (SSSR count). The van der Waals surface area contributed by atoms with Gasteiger partial charge in [-0.1, -0.05) is 49.6 Å². The average molecular weight is 371 g/mol. The van der Waals surface area contributed by atoms with Crippen LogP contribution in [0, 0.1) is 0 Å². The average Bonchev–Trinajstić information content (AvgIpc) is 2.87. The van der Waals surface area contributed by atoms with E-state index in [-0.39, 0.29) is 11.6 Å². The van der Waals surface area contributed by atoms with Crippen LogP contribution in [-0.2, 0) is 14.0 Å². The molecule has 1 spiro atoms. The molecule has 0 radical (unpaired) electrons. The third-order valence-electron chi connectivity index (χ3n) is 5.54. The van der Waals surface area contributed by atoms with Crippen molar-refractivity contribution < 1.29 is 14.0 Å². The SMILES string of the molecule is CCOC(=O)/C=C/C(=C1/CC2(CCCCC2)O[Si]1(C)C)c1ccccc1. The van der Waals surface area contributed by atoms with Crippen LogP contribution >= 0.6 is 0 Å². The minimum Gasteiger partial charge on any atom is -0.463 e. The minimum absolute atomic E-state index is 0.0289. The molecule has 1 aliphatic heterocycles. The van der Waals surface area contributed by atoms with Crippen LogP contribution in [0.1, 0.15) is 51.0 Å². The number of rotatable bonds is 4. The van der Waals surface area contributed by atoms with Gasteiger partial charge in [0.25, 0.3) is 0 Å². The molecule has 3 nitrogen and oxygen atoms in total. The molecule has 140 valence electrons. The maximum atomic E-state index is 11.9. The maximum absolute atomic E-state index is 11.9. The highest BCUT2D eigenvalue weighted by Gasteiger charge is 2.50. The largest absolute Gasteiger partial charge is 0.463 e. The monoisotopic (exact) mass is 370 g/mol. The first-order chi connectivity index (χ1) is 12.5. The third kappa shape index (κ3) is 4.18. The molecule has 1 saturated carbocycles. The highest BCUT2D eigenvalue weighted by molar-refractivity contribution is 6.80. The van der Waals surface area contributed by atoms with Gasteiger partial charge in [-0.2, -0.15) is 0 Å². The Kier molecular flexibility index (Phi) is 5.83. The second-order valence-corrected chi connectivity index (χ2v) is 11.7. The molecule has 4 heteroatoms. The second kappa shape index (κ2) is 7.93. The molecule has 1 saturated heterocycles.